The number of rotatable bonds is 1. The van der Waals surface area contributed by atoms with Crippen LogP contribution in [0.2, 0.25) is 0 Å². The standard InChI is InChI=1S/C11H13NO2S/c1-3-11(14)12-7(2)15-10-6-8(13)4-5-9(10)12/h4-7,13H,3H2,1-2H3. The molecule has 1 N–H and O–H groups in total. The molecule has 4 heteroatoms. The molecule has 2 rings (SSSR count). The van der Waals surface area contributed by atoms with Gasteiger partial charge in [0.05, 0.1) is 11.1 Å². The molecule has 1 aliphatic rings. The zero-order valence-electron chi connectivity index (χ0n) is 8.73. The first-order chi connectivity index (χ1) is 7.13. The number of amides is 1. The van der Waals surface area contributed by atoms with Gasteiger partial charge in [0.2, 0.25) is 5.91 Å². The Morgan fingerprint density at radius 1 is 1.60 bits per heavy atom. The maximum absolute atomic E-state index is 11.7. The number of hydrogen-bond donors (Lipinski definition) is 1. The molecule has 0 aromatic heterocycles. The first kappa shape index (κ1) is 10.4. The van der Waals surface area contributed by atoms with Crippen LogP contribution in [0.1, 0.15) is 20.3 Å². The van der Waals surface area contributed by atoms with E-state index in [1.165, 1.54) is 0 Å². The summed E-state index contributed by atoms with van der Waals surface area (Å²) in [4.78, 5) is 14.5. The summed E-state index contributed by atoms with van der Waals surface area (Å²) in [7, 11) is 0. The average molecular weight is 223 g/mol. The largest absolute Gasteiger partial charge is 0.508 e. The molecular formula is C11H13NO2S. The summed E-state index contributed by atoms with van der Waals surface area (Å²) in [5.74, 6) is 0.374. The van der Waals surface area contributed by atoms with Gasteiger partial charge >= 0.3 is 0 Å². The predicted molar refractivity (Wildman–Crippen MR) is 61.2 cm³/mol. The van der Waals surface area contributed by atoms with Crippen molar-refractivity contribution in [2.24, 2.45) is 0 Å². The molecule has 0 saturated carbocycles. The second-order valence-corrected chi connectivity index (χ2v) is 4.84. The van der Waals surface area contributed by atoms with E-state index in [4.69, 9.17) is 0 Å². The Hall–Kier alpha value is -1.16. The molecule has 3 nitrogen and oxygen atoms in total. The molecule has 1 aromatic rings. The molecule has 0 saturated heterocycles. The number of hydrogen-bond acceptors (Lipinski definition) is 3. The summed E-state index contributed by atoms with van der Waals surface area (Å²) in [6.07, 6.45) is 0.505. The van der Waals surface area contributed by atoms with Crippen molar-refractivity contribution >= 4 is 23.4 Å². The van der Waals surface area contributed by atoms with Crippen LogP contribution in [0.3, 0.4) is 0 Å². The highest BCUT2D eigenvalue weighted by Gasteiger charge is 2.30. The van der Waals surface area contributed by atoms with E-state index in [-0.39, 0.29) is 17.0 Å². The van der Waals surface area contributed by atoms with Crippen molar-refractivity contribution in [3.8, 4) is 5.75 Å². The Bertz CT molecular complexity index is 406. The molecular weight excluding hydrogens is 210 g/mol. The van der Waals surface area contributed by atoms with Crippen molar-refractivity contribution in [1.82, 2.24) is 0 Å². The zero-order valence-corrected chi connectivity index (χ0v) is 9.54. The van der Waals surface area contributed by atoms with Gasteiger partial charge in [0, 0.05) is 11.3 Å². The molecule has 0 aliphatic carbocycles. The molecule has 0 fully saturated rings. The fourth-order valence-corrected chi connectivity index (χ4v) is 2.92. The van der Waals surface area contributed by atoms with Crippen LogP contribution in [-0.4, -0.2) is 16.4 Å². The summed E-state index contributed by atoms with van der Waals surface area (Å²) in [5.41, 5.74) is 0.914. The van der Waals surface area contributed by atoms with E-state index >= 15 is 0 Å². The van der Waals surface area contributed by atoms with Crippen LogP contribution in [0.25, 0.3) is 0 Å². The molecule has 80 valence electrons. The molecule has 1 unspecified atom stereocenters. The second kappa shape index (κ2) is 3.77. The van der Waals surface area contributed by atoms with E-state index in [1.54, 1.807) is 34.9 Å². The molecule has 0 spiro atoms. The average Bonchev–Trinajstić information content (AvgIpc) is 2.52. The zero-order chi connectivity index (χ0) is 11.0. The van der Waals surface area contributed by atoms with Crippen molar-refractivity contribution in [3.63, 3.8) is 0 Å². The van der Waals surface area contributed by atoms with Gasteiger partial charge in [-0.15, -0.1) is 0 Å². The van der Waals surface area contributed by atoms with E-state index in [2.05, 4.69) is 0 Å². The number of carbonyl (C=O) groups is 1. The second-order valence-electron chi connectivity index (χ2n) is 3.49. The van der Waals surface area contributed by atoms with Gasteiger partial charge in [-0.3, -0.25) is 9.69 Å². The molecule has 0 radical (unpaired) electrons. The number of aromatic hydroxyl groups is 1. The fraction of sp³-hybridized carbons (Fsp3) is 0.364. The lowest BCUT2D eigenvalue weighted by Crippen LogP contribution is -2.33. The van der Waals surface area contributed by atoms with Crippen LogP contribution in [-0.2, 0) is 4.79 Å². The predicted octanol–water partition coefficient (Wildman–Crippen LogP) is 2.59. The number of fused-ring (bicyclic) bond motifs is 1. The lowest BCUT2D eigenvalue weighted by Gasteiger charge is -2.20. The highest BCUT2D eigenvalue weighted by molar-refractivity contribution is 8.00. The molecule has 1 atom stereocenters. The monoisotopic (exact) mass is 223 g/mol. The summed E-state index contributed by atoms with van der Waals surface area (Å²) in [6.45, 7) is 3.85. The number of anilines is 1. The van der Waals surface area contributed by atoms with Crippen molar-refractivity contribution in [3.05, 3.63) is 18.2 Å². The smallest absolute Gasteiger partial charge is 0.227 e. The third-order valence-corrected chi connectivity index (χ3v) is 3.57. The number of carbonyl (C=O) groups excluding carboxylic acids is 1. The van der Waals surface area contributed by atoms with Gasteiger partial charge in [-0.1, -0.05) is 18.7 Å². The van der Waals surface area contributed by atoms with Crippen molar-refractivity contribution < 1.29 is 9.90 Å². The fourth-order valence-electron chi connectivity index (χ4n) is 1.74. The Balaban J connectivity index is 2.41. The van der Waals surface area contributed by atoms with E-state index in [1.807, 2.05) is 13.8 Å². The quantitative estimate of drug-likeness (QED) is 0.795. The Labute approximate surface area is 93.1 Å². The Morgan fingerprint density at radius 3 is 3.00 bits per heavy atom. The van der Waals surface area contributed by atoms with Gasteiger partial charge in [0.1, 0.15) is 5.75 Å². The Morgan fingerprint density at radius 2 is 2.33 bits per heavy atom. The van der Waals surface area contributed by atoms with E-state index in [9.17, 15) is 9.90 Å². The minimum Gasteiger partial charge on any atom is -0.508 e. The first-order valence-electron chi connectivity index (χ1n) is 4.95. The third-order valence-electron chi connectivity index (χ3n) is 2.44. The summed E-state index contributed by atoms with van der Waals surface area (Å²) >= 11 is 1.60. The van der Waals surface area contributed by atoms with Gasteiger partial charge in [0.15, 0.2) is 0 Å². The molecule has 1 aromatic carbocycles. The summed E-state index contributed by atoms with van der Waals surface area (Å²) in [6, 6.07) is 5.13. The van der Waals surface area contributed by atoms with Crippen LogP contribution in [0.5, 0.6) is 5.75 Å². The van der Waals surface area contributed by atoms with E-state index < -0.39 is 0 Å². The normalized spacial score (nSPS) is 19.1. The Kier molecular flexibility index (Phi) is 2.61. The lowest BCUT2D eigenvalue weighted by atomic mass is 10.2. The minimum atomic E-state index is 0.120. The number of phenolic OH excluding ortho intramolecular Hbond substituents is 1. The molecule has 0 bridgehead atoms. The number of nitrogens with zero attached hydrogens (tertiary/aromatic N) is 1. The molecule has 1 amide bonds. The van der Waals surface area contributed by atoms with E-state index in [0.717, 1.165) is 10.6 Å². The molecule has 15 heavy (non-hydrogen) atoms. The number of phenols is 1. The topological polar surface area (TPSA) is 40.5 Å². The SMILES string of the molecule is CCC(=O)N1c2ccc(O)cc2SC1C. The lowest BCUT2D eigenvalue weighted by molar-refractivity contribution is -0.118. The van der Waals surface area contributed by atoms with Crippen molar-refractivity contribution in [2.75, 3.05) is 4.90 Å². The first-order valence-corrected chi connectivity index (χ1v) is 5.83. The van der Waals surface area contributed by atoms with Crippen molar-refractivity contribution in [2.45, 2.75) is 30.5 Å². The molecule has 1 aliphatic heterocycles. The van der Waals surface area contributed by atoms with Gasteiger partial charge < -0.3 is 5.11 Å². The third kappa shape index (κ3) is 1.69. The highest BCUT2D eigenvalue weighted by atomic mass is 32.2. The van der Waals surface area contributed by atoms with Crippen molar-refractivity contribution in [1.29, 1.82) is 0 Å². The molecule has 1 heterocycles. The van der Waals surface area contributed by atoms with Gasteiger partial charge in [-0.25, -0.2) is 0 Å². The van der Waals surface area contributed by atoms with E-state index in [0.29, 0.717) is 6.42 Å². The van der Waals surface area contributed by atoms with Gasteiger partial charge in [0.25, 0.3) is 0 Å². The summed E-state index contributed by atoms with van der Waals surface area (Å²) in [5, 5.41) is 9.47. The van der Waals surface area contributed by atoms with Crippen LogP contribution in [0, 0.1) is 0 Å². The minimum absolute atomic E-state index is 0.120. The maximum Gasteiger partial charge on any atom is 0.227 e. The van der Waals surface area contributed by atoms with Crippen LogP contribution in [0.4, 0.5) is 5.69 Å². The van der Waals surface area contributed by atoms with Gasteiger partial charge in [-0.2, -0.15) is 0 Å². The van der Waals surface area contributed by atoms with Crippen LogP contribution in [0.15, 0.2) is 23.1 Å². The number of benzene rings is 1. The highest BCUT2D eigenvalue weighted by Crippen LogP contribution is 2.44. The van der Waals surface area contributed by atoms with Gasteiger partial charge in [-0.05, 0) is 25.1 Å². The maximum atomic E-state index is 11.7. The van der Waals surface area contributed by atoms with Crippen LogP contribution < -0.4 is 4.90 Å². The summed E-state index contributed by atoms with van der Waals surface area (Å²) < 4.78 is 0. The number of thioether (sulfide) groups is 1. The van der Waals surface area contributed by atoms with Crippen LogP contribution >= 0.6 is 11.8 Å².